The lowest BCUT2D eigenvalue weighted by Gasteiger charge is -2.42. The minimum atomic E-state index is -3.37. The molecule has 3 amide bonds. The van der Waals surface area contributed by atoms with Crippen molar-refractivity contribution in [2.45, 2.75) is 95.4 Å². The van der Waals surface area contributed by atoms with Gasteiger partial charge in [0.1, 0.15) is 9.92 Å². The second-order valence-electron chi connectivity index (χ2n) is 11.9. The van der Waals surface area contributed by atoms with Crippen LogP contribution in [0.5, 0.6) is 0 Å². The summed E-state index contributed by atoms with van der Waals surface area (Å²) in [4.78, 5) is 25.6. The number of benzene rings is 2. The van der Waals surface area contributed by atoms with Gasteiger partial charge in [0, 0.05) is 12.6 Å². The molecule has 4 N–H and O–H groups in total. The highest BCUT2D eigenvalue weighted by atomic mass is 32.2. The molecule has 3 fully saturated rings. The molecule has 212 valence electrons. The maximum Gasteiger partial charge on any atom is 0.315 e. The third kappa shape index (κ3) is 7.48. The molecule has 7 nitrogen and oxygen atoms in total. The zero-order chi connectivity index (χ0) is 28.2. The zero-order valence-corrected chi connectivity index (χ0v) is 24.6. The van der Waals surface area contributed by atoms with E-state index < -0.39 is 15.8 Å². The summed E-state index contributed by atoms with van der Waals surface area (Å²) in [5.41, 5.74) is 4.14. The van der Waals surface area contributed by atoms with Crippen molar-refractivity contribution >= 4 is 21.9 Å². The Labute approximate surface area is 234 Å². The van der Waals surface area contributed by atoms with Crippen molar-refractivity contribution in [2.24, 2.45) is 21.3 Å². The topological polar surface area (TPSA) is 114 Å². The van der Waals surface area contributed by atoms with Crippen LogP contribution in [0.4, 0.5) is 4.79 Å². The Morgan fingerprint density at radius 3 is 2.13 bits per heavy atom. The molecule has 0 aromatic heterocycles. The van der Waals surface area contributed by atoms with Crippen molar-refractivity contribution in [3.05, 3.63) is 64.7 Å². The molecule has 3 aliphatic carbocycles. The Bertz CT molecular complexity index is 1260. The summed E-state index contributed by atoms with van der Waals surface area (Å²) in [6.45, 7) is 8.89. The smallest absolute Gasteiger partial charge is 0.315 e. The van der Waals surface area contributed by atoms with E-state index in [0.29, 0.717) is 29.8 Å². The van der Waals surface area contributed by atoms with Crippen LogP contribution in [-0.2, 0) is 27.6 Å². The molecule has 2 atom stereocenters. The van der Waals surface area contributed by atoms with E-state index in [9.17, 15) is 13.8 Å². The number of carbonyl (C=O) groups is 2. The Kier molecular flexibility index (Phi) is 9.49. The number of hydrogen-bond acceptors (Lipinski definition) is 3. The van der Waals surface area contributed by atoms with Crippen molar-refractivity contribution in [1.82, 2.24) is 10.6 Å². The lowest BCUT2D eigenvalue weighted by atomic mass is 9.68. The summed E-state index contributed by atoms with van der Waals surface area (Å²) in [5.74, 6) is 1.42. The van der Waals surface area contributed by atoms with Crippen molar-refractivity contribution in [3.63, 3.8) is 0 Å². The quantitative estimate of drug-likeness (QED) is 0.364. The third-order valence-corrected chi connectivity index (χ3v) is 9.80. The number of urea groups is 1. The average molecular weight is 553 g/mol. The lowest BCUT2D eigenvalue weighted by molar-refractivity contribution is -0.117. The number of fused-ring (bicyclic) bond motifs is 3. The fourth-order valence-corrected chi connectivity index (χ4v) is 7.24. The van der Waals surface area contributed by atoms with Gasteiger partial charge in [-0.2, -0.15) is 0 Å². The summed E-state index contributed by atoms with van der Waals surface area (Å²) in [5, 5.41) is 12.2. The maximum absolute atomic E-state index is 13.2. The van der Waals surface area contributed by atoms with Crippen LogP contribution in [0.1, 0.15) is 93.9 Å². The van der Waals surface area contributed by atoms with Gasteiger partial charge in [-0.15, -0.1) is 4.36 Å². The van der Waals surface area contributed by atoms with Crippen LogP contribution in [0.3, 0.4) is 0 Å². The largest absolute Gasteiger partial charge is 0.338 e. The van der Waals surface area contributed by atoms with E-state index in [0.717, 1.165) is 34.6 Å². The van der Waals surface area contributed by atoms with E-state index in [1.54, 1.807) is 12.1 Å². The summed E-state index contributed by atoms with van der Waals surface area (Å²) >= 11 is 0. The standard InChI is InChI=1S/C31H44N4O3S/c1-20(2)26-6-5-7-27(21(3)4)28(26)19-30(36)35-39(32,38)25-14-10-22(11-15-25)16-17-33-31(37)34-29-18-23-8-12-24(29)13-9-23/h5-7,10-11,14-15,20-21,23-24,29H,8-9,12-13,16-19H2,1-4H3,(H2,33,34,37)(H2,32,35,36,38). The van der Waals surface area contributed by atoms with Gasteiger partial charge in [-0.1, -0.05) is 70.9 Å². The second kappa shape index (κ2) is 12.6. The molecule has 3 saturated carbocycles. The number of nitrogens with two attached hydrogens (primary N) is 1. The van der Waals surface area contributed by atoms with Gasteiger partial charge in [0.25, 0.3) is 5.91 Å². The highest BCUT2D eigenvalue weighted by Gasteiger charge is 2.36. The number of amides is 3. The van der Waals surface area contributed by atoms with Crippen molar-refractivity contribution in [2.75, 3.05) is 6.54 Å². The Balaban J connectivity index is 1.33. The summed E-state index contributed by atoms with van der Waals surface area (Å²) in [6.07, 6.45) is 6.89. The number of hydrogen-bond donors (Lipinski definition) is 3. The third-order valence-electron chi connectivity index (χ3n) is 8.38. The minimum Gasteiger partial charge on any atom is -0.338 e. The second-order valence-corrected chi connectivity index (χ2v) is 13.7. The molecule has 2 bridgehead atoms. The van der Waals surface area contributed by atoms with E-state index >= 15 is 0 Å². The van der Waals surface area contributed by atoms with Crippen LogP contribution in [-0.4, -0.2) is 28.7 Å². The molecule has 0 saturated heterocycles. The van der Waals surface area contributed by atoms with Crippen molar-refractivity contribution in [3.8, 4) is 0 Å². The Morgan fingerprint density at radius 2 is 1.59 bits per heavy atom. The van der Waals surface area contributed by atoms with Gasteiger partial charge in [-0.3, -0.25) is 4.79 Å². The van der Waals surface area contributed by atoms with Gasteiger partial charge >= 0.3 is 6.03 Å². The Morgan fingerprint density at radius 1 is 0.974 bits per heavy atom. The molecule has 5 rings (SSSR count). The molecule has 2 aromatic carbocycles. The van der Waals surface area contributed by atoms with Crippen LogP contribution in [0.25, 0.3) is 0 Å². The number of rotatable bonds is 9. The SMILES string of the molecule is CC(C)c1cccc(C(C)C)c1CC(=O)N=S(N)(=O)c1ccc(CCNC(=O)NC2CC3CCC2CC3)cc1. The zero-order valence-electron chi connectivity index (χ0n) is 23.7. The van der Waals surface area contributed by atoms with E-state index in [2.05, 4.69) is 42.7 Å². The highest BCUT2D eigenvalue weighted by Crippen LogP contribution is 2.41. The average Bonchev–Trinajstić information content (AvgIpc) is 2.89. The molecule has 3 aliphatic rings. The number of carbonyl (C=O) groups excluding carboxylic acids is 2. The van der Waals surface area contributed by atoms with E-state index in [1.807, 2.05) is 30.3 Å². The van der Waals surface area contributed by atoms with Gasteiger partial charge in [-0.25, -0.2) is 14.1 Å². The first kappa shape index (κ1) is 29.3. The van der Waals surface area contributed by atoms with Crippen LogP contribution >= 0.6 is 0 Å². The van der Waals surface area contributed by atoms with Gasteiger partial charge in [0.05, 0.1) is 11.3 Å². The fraction of sp³-hybridized carbons (Fsp3) is 0.548. The maximum atomic E-state index is 13.2. The molecule has 0 aliphatic heterocycles. The van der Waals surface area contributed by atoms with E-state index in [1.165, 1.54) is 25.7 Å². The first-order chi connectivity index (χ1) is 18.5. The van der Waals surface area contributed by atoms with Gasteiger partial charge in [-0.05, 0) is 83.7 Å². The summed E-state index contributed by atoms with van der Waals surface area (Å²) in [7, 11) is -3.37. The Hall–Kier alpha value is -2.71. The van der Waals surface area contributed by atoms with Gasteiger partial charge in [0.2, 0.25) is 0 Å². The minimum absolute atomic E-state index is 0.0735. The molecular formula is C31H44N4O3S. The highest BCUT2D eigenvalue weighted by molar-refractivity contribution is 7.91. The number of nitrogens with zero attached hydrogens (tertiary/aromatic N) is 1. The summed E-state index contributed by atoms with van der Waals surface area (Å²) < 4.78 is 17.2. The fourth-order valence-electron chi connectivity index (χ4n) is 6.24. The molecule has 0 heterocycles. The van der Waals surface area contributed by atoms with Gasteiger partial charge < -0.3 is 10.6 Å². The molecule has 2 unspecified atom stereocenters. The van der Waals surface area contributed by atoms with Crippen LogP contribution in [0.15, 0.2) is 51.7 Å². The van der Waals surface area contributed by atoms with Crippen molar-refractivity contribution < 1.29 is 13.8 Å². The lowest BCUT2D eigenvalue weighted by Crippen LogP contribution is -2.50. The molecule has 39 heavy (non-hydrogen) atoms. The normalized spacial score (nSPS) is 22.0. The van der Waals surface area contributed by atoms with Crippen LogP contribution in [0, 0.1) is 11.8 Å². The molecule has 2 aromatic rings. The molecule has 0 spiro atoms. The predicted molar refractivity (Wildman–Crippen MR) is 157 cm³/mol. The summed E-state index contributed by atoms with van der Waals surface area (Å²) in [6, 6.07) is 13.3. The van der Waals surface area contributed by atoms with Crippen LogP contribution < -0.4 is 15.8 Å². The predicted octanol–water partition coefficient (Wildman–Crippen LogP) is 5.82. The van der Waals surface area contributed by atoms with E-state index in [-0.39, 0.29) is 24.3 Å². The van der Waals surface area contributed by atoms with Crippen LogP contribution in [0.2, 0.25) is 0 Å². The van der Waals surface area contributed by atoms with E-state index in [4.69, 9.17) is 5.14 Å². The first-order valence-corrected chi connectivity index (χ1v) is 15.9. The first-order valence-electron chi connectivity index (χ1n) is 14.4. The van der Waals surface area contributed by atoms with Crippen molar-refractivity contribution in [1.29, 1.82) is 0 Å². The molecule has 8 heteroatoms. The van der Waals surface area contributed by atoms with Gasteiger partial charge in [0.15, 0.2) is 0 Å². The monoisotopic (exact) mass is 552 g/mol. The molecular weight excluding hydrogens is 508 g/mol. The molecule has 0 radical (unpaired) electrons. The number of nitrogens with one attached hydrogen (secondary N) is 2.